The number of fused-ring (bicyclic) bond motifs is 3. The van der Waals surface area contributed by atoms with Gasteiger partial charge in [-0.25, -0.2) is 4.79 Å². The summed E-state index contributed by atoms with van der Waals surface area (Å²) in [6.07, 6.45) is 4.76. The van der Waals surface area contributed by atoms with Crippen LogP contribution < -0.4 is 27.4 Å². The molecule has 2 bridgehead atoms. The van der Waals surface area contributed by atoms with Crippen LogP contribution in [-0.4, -0.2) is 127 Å². The van der Waals surface area contributed by atoms with Crippen LogP contribution in [0.2, 0.25) is 0 Å². The number of quaternary nitrogens is 2. The number of carbonyl (C=O) groups excluding carboxylic acids is 2. The van der Waals surface area contributed by atoms with Crippen molar-refractivity contribution in [3.63, 3.8) is 0 Å². The summed E-state index contributed by atoms with van der Waals surface area (Å²) in [4.78, 5) is 28.5. The van der Waals surface area contributed by atoms with E-state index in [2.05, 4.69) is 29.4 Å². The minimum atomic E-state index is -1.16. The summed E-state index contributed by atoms with van der Waals surface area (Å²) in [6, 6.07) is 0. The number of rotatable bonds is 11. The summed E-state index contributed by atoms with van der Waals surface area (Å²) in [5.74, 6) is 4.31. The van der Waals surface area contributed by atoms with E-state index in [-0.39, 0.29) is 61.9 Å². The molecule has 5 aliphatic heterocycles. The van der Waals surface area contributed by atoms with Crippen LogP contribution >= 0.6 is 0 Å². The van der Waals surface area contributed by atoms with E-state index in [0.717, 1.165) is 51.6 Å². The lowest BCUT2D eigenvalue weighted by atomic mass is 9.48. The Morgan fingerprint density at radius 3 is 2.61 bits per heavy atom. The maximum absolute atomic E-state index is 14.4. The molecule has 4 saturated heterocycles. The number of aliphatic hydroxyl groups is 4. The lowest BCUT2D eigenvalue weighted by Gasteiger charge is -2.63. The summed E-state index contributed by atoms with van der Waals surface area (Å²) < 4.78 is 21.2. The number of nitrogens with one attached hydrogen (secondary N) is 1. The maximum Gasteiger partial charge on any atom is 0.334 e. The predicted octanol–water partition coefficient (Wildman–Crippen LogP) is -0.981. The molecule has 7 aliphatic rings. The molecular formula is C45H75N5O9+2. The van der Waals surface area contributed by atoms with Gasteiger partial charge in [-0.1, -0.05) is 18.4 Å². The molecule has 0 aromatic heterocycles. The van der Waals surface area contributed by atoms with E-state index in [1.165, 1.54) is 0 Å². The number of piperidine rings is 2. The van der Waals surface area contributed by atoms with E-state index in [4.69, 9.17) is 25.7 Å². The molecule has 59 heavy (non-hydrogen) atoms. The Hall–Kier alpha value is -2.00. The Balaban J connectivity index is 1.43. The van der Waals surface area contributed by atoms with Crippen LogP contribution in [0, 0.1) is 64.6 Å². The van der Waals surface area contributed by atoms with Crippen LogP contribution in [0.4, 0.5) is 0 Å². The van der Waals surface area contributed by atoms with Crippen LogP contribution in [0.5, 0.6) is 0 Å². The van der Waals surface area contributed by atoms with Crippen molar-refractivity contribution in [1.29, 1.82) is 0 Å². The minimum Gasteiger partial charge on any atom is -0.456 e. The summed E-state index contributed by atoms with van der Waals surface area (Å²) in [5, 5.41) is 54.0. The quantitative estimate of drug-likeness (QED) is 0.0694. The van der Waals surface area contributed by atoms with Crippen molar-refractivity contribution in [2.24, 2.45) is 64.2 Å². The second-order valence-corrected chi connectivity index (χ2v) is 19.6. The zero-order chi connectivity index (χ0) is 42.1. The molecule has 0 amide bonds. The van der Waals surface area contributed by atoms with Crippen LogP contribution in [0.1, 0.15) is 97.3 Å². The molecule has 7 rings (SSSR count). The zero-order valence-corrected chi connectivity index (χ0v) is 35.7. The Morgan fingerprint density at radius 2 is 1.93 bits per heavy atom. The Labute approximate surface area is 350 Å². The predicted molar refractivity (Wildman–Crippen MR) is 218 cm³/mol. The first-order chi connectivity index (χ1) is 28.4. The van der Waals surface area contributed by atoms with Crippen LogP contribution in [0.15, 0.2) is 11.6 Å². The molecular weight excluding hydrogens is 755 g/mol. The van der Waals surface area contributed by atoms with Gasteiger partial charge in [0.2, 0.25) is 0 Å². The van der Waals surface area contributed by atoms with Gasteiger partial charge in [0.25, 0.3) is 0 Å². The molecule has 14 nitrogen and oxygen atoms in total. The molecule has 0 spiro atoms. The normalized spacial score (nSPS) is 46.7. The smallest absolute Gasteiger partial charge is 0.334 e. The van der Waals surface area contributed by atoms with Gasteiger partial charge in [-0.05, 0) is 89.5 Å². The largest absolute Gasteiger partial charge is 0.456 e. The highest BCUT2D eigenvalue weighted by Crippen LogP contribution is 2.60. The molecule has 332 valence electrons. The molecule has 5 heterocycles. The van der Waals surface area contributed by atoms with Crippen LogP contribution in [0.25, 0.3) is 0 Å². The van der Waals surface area contributed by atoms with E-state index in [9.17, 15) is 30.0 Å². The molecule has 14 heteroatoms. The summed E-state index contributed by atoms with van der Waals surface area (Å²) in [5.41, 5.74) is 11.6. The summed E-state index contributed by atoms with van der Waals surface area (Å²) >= 11 is 0. The SMILES string of the molecule is CC=C(CC[NH2+]C)C(=O)OC1CC2C(O)C3C(=O)CC(CO)OC3C3C2OC1(C)C(CC1CCC(N)[NH2+]C1)CC#CC(CO)(C1CCCC(O)C1)C3C1CCNC(N)C1. The van der Waals surface area contributed by atoms with E-state index < -0.39 is 77.3 Å². The monoisotopic (exact) mass is 830 g/mol. The molecule has 0 aromatic rings. The fraction of sp³-hybridized carbons (Fsp3) is 0.867. The van der Waals surface area contributed by atoms with E-state index >= 15 is 0 Å². The fourth-order valence-electron chi connectivity index (χ4n) is 13.0. The number of ketones is 1. The first-order valence-electron chi connectivity index (χ1n) is 23.0. The van der Waals surface area contributed by atoms with Gasteiger partial charge < -0.3 is 56.3 Å². The number of hydrogen-bond acceptors (Lipinski definition) is 12. The summed E-state index contributed by atoms with van der Waals surface area (Å²) in [6.45, 7) is 5.55. The highest BCUT2D eigenvalue weighted by atomic mass is 16.6. The molecule has 2 saturated carbocycles. The zero-order valence-electron chi connectivity index (χ0n) is 35.7. The maximum atomic E-state index is 14.4. The van der Waals surface area contributed by atoms with Crippen LogP contribution in [0.3, 0.4) is 0 Å². The Kier molecular flexibility index (Phi) is 14.6. The van der Waals surface area contributed by atoms with E-state index in [1.807, 2.05) is 25.4 Å². The van der Waals surface area contributed by atoms with Crippen molar-refractivity contribution in [1.82, 2.24) is 5.32 Å². The third-order valence-corrected chi connectivity index (χ3v) is 16.2. The van der Waals surface area contributed by atoms with E-state index in [0.29, 0.717) is 50.1 Å². The van der Waals surface area contributed by atoms with Crippen molar-refractivity contribution in [3.05, 3.63) is 11.6 Å². The van der Waals surface area contributed by atoms with Gasteiger partial charge in [-0.3, -0.25) is 10.5 Å². The van der Waals surface area contributed by atoms with Crippen molar-refractivity contribution in [3.8, 4) is 11.8 Å². The number of carbonyl (C=O) groups is 2. The average molecular weight is 830 g/mol. The molecule has 18 unspecified atom stereocenters. The standard InChI is InChI=1S/C45H73N5O9/c1-4-26(12-15-48-3)43(56)58-34-21-32-40(55)37-33(54)20-31(23-51)57-42(37)38-39(27-13-16-49-36(47)18-27)45(24-52,29-7-5-9-30(53)19-29)14-6-8-28(44(34,2)59-41(32)38)17-25-10-11-35(46)50-22-25/h4,25,27-32,34-42,48-53,55H,5,7-13,15-24,46-47H2,1-3H3/p+2. The number of nitrogens with two attached hydrogens (primary N) is 4. The van der Waals surface area contributed by atoms with Gasteiger partial charge in [0.1, 0.15) is 23.7 Å². The average Bonchev–Trinajstić information content (AvgIpc) is 3.22. The number of Topliss-reactive ketones (excluding diaryl/α,β-unsaturated/α-hetero) is 1. The second kappa shape index (κ2) is 19.2. The van der Waals surface area contributed by atoms with Crippen molar-refractivity contribution in [2.75, 3.05) is 39.9 Å². The van der Waals surface area contributed by atoms with Crippen molar-refractivity contribution < 1.29 is 54.9 Å². The first-order valence-corrected chi connectivity index (χ1v) is 23.0. The van der Waals surface area contributed by atoms with Gasteiger partial charge in [0.05, 0.1) is 81.4 Å². The molecule has 0 radical (unpaired) electrons. The Morgan fingerprint density at radius 1 is 1.12 bits per heavy atom. The Bertz CT molecular complexity index is 1560. The lowest BCUT2D eigenvalue weighted by molar-refractivity contribution is -0.703. The highest BCUT2D eigenvalue weighted by Gasteiger charge is 2.67. The molecule has 6 fully saturated rings. The third kappa shape index (κ3) is 8.96. The molecule has 2 aliphatic carbocycles. The van der Waals surface area contributed by atoms with Crippen molar-refractivity contribution >= 4 is 11.8 Å². The molecule has 18 atom stereocenters. The number of allylic oxidation sites excluding steroid dienone is 1. The van der Waals surface area contributed by atoms with Gasteiger partial charge in [-0.2, -0.15) is 0 Å². The third-order valence-electron chi connectivity index (χ3n) is 16.2. The summed E-state index contributed by atoms with van der Waals surface area (Å²) in [7, 11) is 1.97. The molecule has 13 N–H and O–H groups in total. The van der Waals surface area contributed by atoms with E-state index in [1.54, 1.807) is 0 Å². The molecule has 0 aromatic carbocycles. The van der Waals surface area contributed by atoms with Gasteiger partial charge in [-0.15, -0.1) is 5.92 Å². The topological polar surface area (TPSA) is 240 Å². The lowest BCUT2D eigenvalue weighted by Crippen LogP contribution is -2.95. The number of aliphatic hydroxyl groups excluding tert-OH is 4. The van der Waals surface area contributed by atoms with Crippen molar-refractivity contribution in [2.45, 2.75) is 152 Å². The fourth-order valence-corrected chi connectivity index (χ4v) is 13.0. The first kappa shape index (κ1) is 45.0. The van der Waals surface area contributed by atoms with Gasteiger partial charge in [0.15, 0.2) is 0 Å². The number of ether oxygens (including phenoxy) is 3. The second-order valence-electron chi connectivity index (χ2n) is 19.6. The van der Waals surface area contributed by atoms with Gasteiger partial charge >= 0.3 is 5.97 Å². The number of hydrogen-bond donors (Lipinski definition) is 9. The number of esters is 1. The van der Waals surface area contributed by atoms with Gasteiger partial charge in [0, 0.05) is 54.9 Å². The minimum absolute atomic E-state index is 0.0261. The highest BCUT2D eigenvalue weighted by molar-refractivity contribution is 5.88. The van der Waals surface area contributed by atoms with Crippen LogP contribution in [-0.2, 0) is 23.8 Å².